The van der Waals surface area contributed by atoms with Crippen LogP contribution in [-0.4, -0.2) is 44.4 Å². The second-order valence-electron chi connectivity index (χ2n) is 5.98. The normalized spacial score (nSPS) is 11.8. The SMILES string of the molecule is CCN(CC)S(=O)(=O)c1cc(C)c(C)cc1OCC(=O)NC(C)C. The number of nitrogens with zero attached hydrogens (tertiary/aromatic N) is 1. The van der Waals surface area contributed by atoms with Gasteiger partial charge >= 0.3 is 0 Å². The molecule has 0 heterocycles. The van der Waals surface area contributed by atoms with E-state index in [2.05, 4.69) is 5.32 Å². The van der Waals surface area contributed by atoms with Gasteiger partial charge in [-0.15, -0.1) is 0 Å². The van der Waals surface area contributed by atoms with Crippen molar-refractivity contribution in [2.24, 2.45) is 0 Å². The van der Waals surface area contributed by atoms with Gasteiger partial charge in [-0.05, 0) is 51.0 Å². The van der Waals surface area contributed by atoms with Crippen LogP contribution in [0.1, 0.15) is 38.8 Å². The first-order valence-electron chi connectivity index (χ1n) is 8.17. The van der Waals surface area contributed by atoms with Crippen LogP contribution in [-0.2, 0) is 14.8 Å². The van der Waals surface area contributed by atoms with E-state index in [0.717, 1.165) is 11.1 Å². The highest BCUT2D eigenvalue weighted by molar-refractivity contribution is 7.89. The number of benzene rings is 1. The molecule has 24 heavy (non-hydrogen) atoms. The quantitative estimate of drug-likeness (QED) is 0.775. The molecule has 0 bridgehead atoms. The van der Waals surface area contributed by atoms with E-state index in [1.165, 1.54) is 4.31 Å². The summed E-state index contributed by atoms with van der Waals surface area (Å²) in [4.78, 5) is 11.9. The van der Waals surface area contributed by atoms with Crippen LogP contribution in [0.15, 0.2) is 17.0 Å². The van der Waals surface area contributed by atoms with Gasteiger partial charge in [0.05, 0.1) is 0 Å². The number of rotatable bonds is 8. The number of nitrogens with one attached hydrogen (secondary N) is 1. The highest BCUT2D eigenvalue weighted by Crippen LogP contribution is 2.30. The second-order valence-corrected chi connectivity index (χ2v) is 7.89. The maximum absolute atomic E-state index is 12.8. The third-order valence-corrected chi connectivity index (χ3v) is 5.76. The molecule has 0 unspecified atom stereocenters. The summed E-state index contributed by atoms with van der Waals surface area (Å²) in [6.07, 6.45) is 0. The summed E-state index contributed by atoms with van der Waals surface area (Å²) in [5, 5.41) is 2.72. The monoisotopic (exact) mass is 356 g/mol. The number of carbonyl (C=O) groups is 1. The van der Waals surface area contributed by atoms with Crippen molar-refractivity contribution in [3.8, 4) is 5.75 Å². The van der Waals surface area contributed by atoms with Crippen LogP contribution >= 0.6 is 0 Å². The number of ether oxygens (including phenoxy) is 1. The fourth-order valence-corrected chi connectivity index (χ4v) is 3.94. The summed E-state index contributed by atoms with van der Waals surface area (Å²) in [5.74, 6) is -0.0710. The molecule has 0 aliphatic rings. The lowest BCUT2D eigenvalue weighted by atomic mass is 10.1. The smallest absolute Gasteiger partial charge is 0.258 e. The molecule has 0 aliphatic carbocycles. The number of sulfonamides is 1. The summed E-state index contributed by atoms with van der Waals surface area (Å²) in [5.41, 5.74) is 1.77. The first-order valence-corrected chi connectivity index (χ1v) is 9.61. The third-order valence-electron chi connectivity index (χ3n) is 3.69. The molecule has 1 aromatic rings. The Morgan fingerprint density at radius 2 is 1.71 bits per heavy atom. The standard InChI is InChI=1S/C17H28N2O4S/c1-7-19(8-2)24(21,22)16-10-14(6)13(5)9-15(16)23-11-17(20)18-12(3)4/h9-10,12H,7-8,11H2,1-6H3,(H,18,20). The lowest BCUT2D eigenvalue weighted by molar-refractivity contribution is -0.123. The first-order chi connectivity index (χ1) is 11.1. The van der Waals surface area contributed by atoms with Crippen LogP contribution in [0.4, 0.5) is 0 Å². The predicted molar refractivity (Wildman–Crippen MR) is 94.8 cm³/mol. The van der Waals surface area contributed by atoms with Crippen LogP contribution in [0.25, 0.3) is 0 Å². The van der Waals surface area contributed by atoms with E-state index in [-0.39, 0.29) is 29.2 Å². The maximum Gasteiger partial charge on any atom is 0.258 e. The summed E-state index contributed by atoms with van der Waals surface area (Å²) in [6.45, 7) is 11.5. The number of hydrogen-bond acceptors (Lipinski definition) is 4. The predicted octanol–water partition coefficient (Wildman–Crippen LogP) is 2.24. The lowest BCUT2D eigenvalue weighted by Gasteiger charge is -2.21. The van der Waals surface area contributed by atoms with Crippen molar-refractivity contribution in [2.75, 3.05) is 19.7 Å². The Morgan fingerprint density at radius 3 is 2.21 bits per heavy atom. The Balaban J connectivity index is 3.21. The van der Waals surface area contributed by atoms with E-state index in [0.29, 0.717) is 13.1 Å². The van der Waals surface area contributed by atoms with E-state index in [9.17, 15) is 13.2 Å². The van der Waals surface area contributed by atoms with Gasteiger partial charge in [0, 0.05) is 19.1 Å². The Kier molecular flexibility index (Phi) is 7.23. The van der Waals surface area contributed by atoms with Gasteiger partial charge in [0.2, 0.25) is 10.0 Å². The van der Waals surface area contributed by atoms with Gasteiger partial charge in [-0.25, -0.2) is 8.42 Å². The van der Waals surface area contributed by atoms with E-state index in [1.807, 2.05) is 27.7 Å². The topological polar surface area (TPSA) is 75.7 Å². The first kappa shape index (κ1) is 20.4. The van der Waals surface area contributed by atoms with E-state index in [1.54, 1.807) is 26.0 Å². The Morgan fingerprint density at radius 1 is 1.17 bits per heavy atom. The number of aryl methyl sites for hydroxylation is 2. The van der Waals surface area contributed by atoms with Gasteiger partial charge in [0.15, 0.2) is 6.61 Å². The summed E-state index contributed by atoms with van der Waals surface area (Å²) < 4.78 is 32.6. The van der Waals surface area contributed by atoms with Crippen molar-refractivity contribution in [1.82, 2.24) is 9.62 Å². The molecule has 0 saturated heterocycles. The molecule has 0 saturated carbocycles. The molecule has 6 nitrogen and oxygen atoms in total. The van der Waals surface area contributed by atoms with E-state index < -0.39 is 10.0 Å². The molecule has 1 rings (SSSR count). The molecule has 0 atom stereocenters. The van der Waals surface area contributed by atoms with E-state index >= 15 is 0 Å². The maximum atomic E-state index is 12.8. The third kappa shape index (κ3) is 4.95. The lowest BCUT2D eigenvalue weighted by Crippen LogP contribution is -2.35. The minimum absolute atomic E-state index is 0.000249. The molecule has 0 fully saturated rings. The Hall–Kier alpha value is -1.60. The van der Waals surface area contributed by atoms with Crippen molar-refractivity contribution in [3.63, 3.8) is 0 Å². The molecule has 0 aromatic heterocycles. The minimum Gasteiger partial charge on any atom is -0.482 e. The largest absolute Gasteiger partial charge is 0.482 e. The molecule has 1 aromatic carbocycles. The highest BCUT2D eigenvalue weighted by atomic mass is 32.2. The van der Waals surface area contributed by atoms with Gasteiger partial charge < -0.3 is 10.1 Å². The summed E-state index contributed by atoms with van der Waals surface area (Å²) in [6, 6.07) is 3.28. The second kappa shape index (κ2) is 8.48. The Bertz CT molecular complexity index is 680. The van der Waals surface area contributed by atoms with Crippen molar-refractivity contribution in [2.45, 2.75) is 52.5 Å². The van der Waals surface area contributed by atoms with Crippen LogP contribution in [0.2, 0.25) is 0 Å². The van der Waals surface area contributed by atoms with Crippen molar-refractivity contribution in [1.29, 1.82) is 0 Å². The fraction of sp³-hybridized carbons (Fsp3) is 0.588. The molecular weight excluding hydrogens is 328 g/mol. The summed E-state index contributed by atoms with van der Waals surface area (Å²) >= 11 is 0. The van der Waals surface area contributed by atoms with Gasteiger partial charge in [-0.3, -0.25) is 4.79 Å². The van der Waals surface area contributed by atoms with Gasteiger partial charge in [0.1, 0.15) is 10.6 Å². The fourth-order valence-electron chi connectivity index (χ4n) is 2.29. The van der Waals surface area contributed by atoms with Crippen molar-refractivity contribution >= 4 is 15.9 Å². The van der Waals surface area contributed by atoms with Gasteiger partial charge in [-0.1, -0.05) is 13.8 Å². The zero-order valence-electron chi connectivity index (χ0n) is 15.3. The van der Waals surface area contributed by atoms with Crippen LogP contribution < -0.4 is 10.1 Å². The average molecular weight is 356 g/mol. The highest BCUT2D eigenvalue weighted by Gasteiger charge is 2.26. The molecule has 1 amide bonds. The van der Waals surface area contributed by atoms with E-state index in [4.69, 9.17) is 4.74 Å². The van der Waals surface area contributed by atoms with Gasteiger partial charge in [0.25, 0.3) is 5.91 Å². The molecule has 0 spiro atoms. The van der Waals surface area contributed by atoms with Crippen LogP contribution in [0.3, 0.4) is 0 Å². The molecule has 7 heteroatoms. The summed E-state index contributed by atoms with van der Waals surface area (Å²) in [7, 11) is -3.67. The zero-order valence-corrected chi connectivity index (χ0v) is 16.2. The molecule has 0 aliphatic heterocycles. The molecule has 1 N–H and O–H groups in total. The molecule has 0 radical (unpaired) electrons. The molecular formula is C17H28N2O4S. The zero-order chi connectivity index (χ0) is 18.5. The number of amides is 1. The molecule has 136 valence electrons. The van der Waals surface area contributed by atoms with Crippen molar-refractivity contribution < 1.29 is 17.9 Å². The minimum atomic E-state index is -3.67. The van der Waals surface area contributed by atoms with Gasteiger partial charge in [-0.2, -0.15) is 4.31 Å². The van der Waals surface area contributed by atoms with Crippen molar-refractivity contribution in [3.05, 3.63) is 23.3 Å². The van der Waals surface area contributed by atoms with Crippen LogP contribution in [0, 0.1) is 13.8 Å². The number of hydrogen-bond donors (Lipinski definition) is 1. The van der Waals surface area contributed by atoms with Crippen LogP contribution in [0.5, 0.6) is 5.75 Å². The Labute approximate surface area is 145 Å². The number of carbonyl (C=O) groups excluding carboxylic acids is 1. The average Bonchev–Trinajstić information content (AvgIpc) is 2.48.